The van der Waals surface area contributed by atoms with Gasteiger partial charge in [0, 0.05) is 16.8 Å². The lowest BCUT2D eigenvalue weighted by Gasteiger charge is -2.08. The zero-order chi connectivity index (χ0) is 13.1. The molecular weight excluding hydrogens is 252 g/mol. The summed E-state index contributed by atoms with van der Waals surface area (Å²) in [5, 5.41) is 14.4. The van der Waals surface area contributed by atoms with Gasteiger partial charge in [-0.1, -0.05) is 23.7 Å². The number of hydrogen-bond donors (Lipinski definition) is 1. The van der Waals surface area contributed by atoms with E-state index in [0.29, 0.717) is 10.7 Å². The molecule has 4 nitrogen and oxygen atoms in total. The minimum atomic E-state index is -0.436. The minimum Gasteiger partial charge on any atom is -0.350 e. The lowest BCUT2D eigenvalue weighted by molar-refractivity contribution is -0.383. The van der Waals surface area contributed by atoms with Crippen LogP contribution in [0, 0.1) is 17.0 Å². The number of hydrogen-bond acceptors (Lipinski definition) is 3. The van der Waals surface area contributed by atoms with Crippen molar-refractivity contribution in [1.82, 2.24) is 0 Å². The first-order valence-corrected chi connectivity index (χ1v) is 5.72. The molecule has 0 fully saturated rings. The van der Waals surface area contributed by atoms with Crippen LogP contribution in [0.5, 0.6) is 0 Å². The van der Waals surface area contributed by atoms with Gasteiger partial charge >= 0.3 is 0 Å². The monoisotopic (exact) mass is 262 g/mol. The topological polar surface area (TPSA) is 55.2 Å². The molecular formula is C13H11ClN2O2. The van der Waals surface area contributed by atoms with Gasteiger partial charge in [0.05, 0.1) is 4.92 Å². The summed E-state index contributed by atoms with van der Waals surface area (Å²) in [6.45, 7) is 1.96. The fourth-order valence-corrected chi connectivity index (χ4v) is 1.82. The molecule has 2 rings (SSSR count). The Morgan fingerprint density at radius 3 is 2.67 bits per heavy atom. The van der Waals surface area contributed by atoms with E-state index in [0.717, 1.165) is 11.3 Å². The molecule has 0 bridgehead atoms. The Morgan fingerprint density at radius 1 is 1.22 bits per heavy atom. The van der Waals surface area contributed by atoms with Crippen molar-refractivity contribution in [2.75, 3.05) is 5.32 Å². The van der Waals surface area contributed by atoms with Crippen LogP contribution in [0.1, 0.15) is 5.56 Å². The van der Waals surface area contributed by atoms with Crippen LogP contribution in [-0.2, 0) is 0 Å². The van der Waals surface area contributed by atoms with Crippen molar-refractivity contribution in [3.63, 3.8) is 0 Å². The Hall–Kier alpha value is -2.07. The SMILES string of the molecule is Cc1cccc(Nc2cc(Cl)ccc2[N+](=O)[O-])c1. The van der Waals surface area contributed by atoms with E-state index in [1.165, 1.54) is 12.1 Å². The molecule has 0 radical (unpaired) electrons. The van der Waals surface area contributed by atoms with E-state index < -0.39 is 4.92 Å². The van der Waals surface area contributed by atoms with Crippen molar-refractivity contribution in [3.8, 4) is 0 Å². The van der Waals surface area contributed by atoms with Gasteiger partial charge in [0.25, 0.3) is 5.69 Å². The Morgan fingerprint density at radius 2 is 2.00 bits per heavy atom. The fourth-order valence-electron chi connectivity index (χ4n) is 1.65. The maximum absolute atomic E-state index is 10.9. The van der Waals surface area contributed by atoms with Gasteiger partial charge in [0.2, 0.25) is 0 Å². The second kappa shape index (κ2) is 5.06. The molecule has 5 heteroatoms. The first-order chi connectivity index (χ1) is 8.56. The molecule has 18 heavy (non-hydrogen) atoms. The molecule has 0 aliphatic carbocycles. The maximum Gasteiger partial charge on any atom is 0.292 e. The van der Waals surface area contributed by atoms with Crippen LogP contribution < -0.4 is 5.32 Å². The molecule has 0 amide bonds. The summed E-state index contributed by atoms with van der Waals surface area (Å²) < 4.78 is 0. The van der Waals surface area contributed by atoms with E-state index in [9.17, 15) is 10.1 Å². The van der Waals surface area contributed by atoms with Crippen LogP contribution in [0.3, 0.4) is 0 Å². The Kier molecular flexibility index (Phi) is 3.48. The molecule has 0 heterocycles. The van der Waals surface area contributed by atoms with Crippen molar-refractivity contribution >= 4 is 28.7 Å². The van der Waals surface area contributed by atoms with E-state index in [-0.39, 0.29) is 5.69 Å². The van der Waals surface area contributed by atoms with Gasteiger partial charge in [-0.15, -0.1) is 0 Å². The molecule has 0 aromatic heterocycles. The molecule has 0 aliphatic heterocycles. The number of aryl methyl sites for hydroxylation is 1. The number of benzene rings is 2. The van der Waals surface area contributed by atoms with E-state index in [1.54, 1.807) is 6.07 Å². The summed E-state index contributed by atoms with van der Waals surface area (Å²) in [6.07, 6.45) is 0. The standard InChI is InChI=1S/C13H11ClN2O2/c1-9-3-2-4-11(7-9)15-12-8-10(14)5-6-13(12)16(17)18/h2-8,15H,1H3. The number of nitro benzene ring substituents is 1. The number of nitrogens with one attached hydrogen (secondary N) is 1. The van der Waals surface area contributed by atoms with Gasteiger partial charge in [-0.2, -0.15) is 0 Å². The van der Waals surface area contributed by atoms with Gasteiger partial charge in [0.15, 0.2) is 0 Å². The first-order valence-electron chi connectivity index (χ1n) is 5.34. The molecule has 0 aliphatic rings. The number of anilines is 2. The third-order valence-corrected chi connectivity index (χ3v) is 2.69. The smallest absolute Gasteiger partial charge is 0.292 e. The number of rotatable bonds is 3. The highest BCUT2D eigenvalue weighted by Gasteiger charge is 2.13. The average molecular weight is 263 g/mol. The minimum absolute atomic E-state index is 0.000839. The van der Waals surface area contributed by atoms with E-state index in [2.05, 4.69) is 5.32 Å². The Balaban J connectivity index is 2.39. The third-order valence-electron chi connectivity index (χ3n) is 2.45. The number of nitro groups is 1. The van der Waals surface area contributed by atoms with Crippen LogP contribution in [-0.4, -0.2) is 4.92 Å². The normalized spacial score (nSPS) is 10.1. The van der Waals surface area contributed by atoms with Crippen LogP contribution in [0.25, 0.3) is 0 Å². The van der Waals surface area contributed by atoms with Crippen molar-refractivity contribution in [3.05, 3.63) is 63.2 Å². The highest BCUT2D eigenvalue weighted by molar-refractivity contribution is 6.31. The van der Waals surface area contributed by atoms with Crippen molar-refractivity contribution < 1.29 is 4.92 Å². The number of nitrogens with zero attached hydrogens (tertiary/aromatic N) is 1. The van der Waals surface area contributed by atoms with E-state index in [1.807, 2.05) is 31.2 Å². The second-order valence-corrected chi connectivity index (χ2v) is 4.35. The second-order valence-electron chi connectivity index (χ2n) is 3.91. The molecule has 0 saturated heterocycles. The lowest BCUT2D eigenvalue weighted by atomic mass is 10.2. The summed E-state index contributed by atoms with van der Waals surface area (Å²) in [5.74, 6) is 0. The third kappa shape index (κ3) is 2.78. The molecule has 2 aromatic carbocycles. The summed E-state index contributed by atoms with van der Waals surface area (Å²) in [7, 11) is 0. The Labute approximate surface area is 109 Å². The quantitative estimate of drug-likeness (QED) is 0.663. The van der Waals surface area contributed by atoms with Crippen LogP contribution in [0.15, 0.2) is 42.5 Å². The van der Waals surface area contributed by atoms with Gasteiger partial charge in [-0.05, 0) is 36.8 Å². The molecule has 0 saturated carbocycles. The van der Waals surface area contributed by atoms with Gasteiger partial charge < -0.3 is 5.32 Å². The summed E-state index contributed by atoms with van der Waals surface area (Å²) >= 11 is 5.86. The van der Waals surface area contributed by atoms with Crippen LogP contribution in [0.2, 0.25) is 5.02 Å². The molecule has 0 unspecified atom stereocenters. The van der Waals surface area contributed by atoms with Crippen molar-refractivity contribution in [2.45, 2.75) is 6.92 Å². The van der Waals surface area contributed by atoms with Crippen LogP contribution in [0.4, 0.5) is 17.1 Å². The van der Waals surface area contributed by atoms with E-state index in [4.69, 9.17) is 11.6 Å². The zero-order valence-electron chi connectivity index (χ0n) is 9.68. The molecule has 0 spiro atoms. The lowest BCUT2D eigenvalue weighted by Crippen LogP contribution is -1.97. The highest BCUT2D eigenvalue weighted by atomic mass is 35.5. The van der Waals surface area contributed by atoms with Gasteiger partial charge in [-0.3, -0.25) is 10.1 Å². The maximum atomic E-state index is 10.9. The first kappa shape index (κ1) is 12.4. The van der Waals surface area contributed by atoms with Crippen molar-refractivity contribution in [2.24, 2.45) is 0 Å². The van der Waals surface area contributed by atoms with Gasteiger partial charge in [-0.25, -0.2) is 0 Å². The summed E-state index contributed by atoms with van der Waals surface area (Å²) in [5.41, 5.74) is 2.25. The average Bonchev–Trinajstić information content (AvgIpc) is 2.28. The highest BCUT2D eigenvalue weighted by Crippen LogP contribution is 2.30. The van der Waals surface area contributed by atoms with E-state index >= 15 is 0 Å². The molecule has 0 atom stereocenters. The van der Waals surface area contributed by atoms with Crippen LogP contribution >= 0.6 is 11.6 Å². The summed E-state index contributed by atoms with van der Waals surface area (Å²) in [4.78, 5) is 10.5. The molecule has 2 aromatic rings. The molecule has 92 valence electrons. The largest absolute Gasteiger partial charge is 0.350 e. The fraction of sp³-hybridized carbons (Fsp3) is 0.0769. The van der Waals surface area contributed by atoms with Gasteiger partial charge in [0.1, 0.15) is 5.69 Å². The predicted octanol–water partition coefficient (Wildman–Crippen LogP) is 4.30. The number of halogens is 1. The summed E-state index contributed by atoms with van der Waals surface area (Å²) in [6, 6.07) is 12.0. The predicted molar refractivity (Wildman–Crippen MR) is 72.6 cm³/mol. The molecule has 1 N–H and O–H groups in total. The van der Waals surface area contributed by atoms with Crippen molar-refractivity contribution in [1.29, 1.82) is 0 Å². The Bertz CT molecular complexity index is 599. The zero-order valence-corrected chi connectivity index (χ0v) is 10.4.